The lowest BCUT2D eigenvalue weighted by Crippen LogP contribution is -2.40. The van der Waals surface area contributed by atoms with Gasteiger partial charge < -0.3 is 0 Å². The summed E-state index contributed by atoms with van der Waals surface area (Å²) in [4.78, 5) is 2.38. The van der Waals surface area contributed by atoms with E-state index >= 15 is 0 Å². The quantitative estimate of drug-likeness (QED) is 0.724. The van der Waals surface area contributed by atoms with Crippen LogP contribution in [0.2, 0.25) is 0 Å². The van der Waals surface area contributed by atoms with Crippen LogP contribution in [0, 0.1) is 22.7 Å². The van der Waals surface area contributed by atoms with Crippen LogP contribution in [0.1, 0.15) is 41.0 Å². The highest BCUT2D eigenvalue weighted by atomic mass is 32.1. The van der Waals surface area contributed by atoms with Gasteiger partial charge in [0, 0.05) is 25.6 Å². The zero-order valence-electron chi connectivity index (χ0n) is 11.3. The molecule has 0 rings (SSSR count). The second-order valence-corrected chi connectivity index (χ2v) is 6.11. The first-order chi connectivity index (χ1) is 7.32. The Bertz CT molecular complexity index is 225. The van der Waals surface area contributed by atoms with Crippen LogP contribution in [0.4, 0.5) is 0 Å². The third-order valence-electron chi connectivity index (χ3n) is 3.14. The van der Waals surface area contributed by atoms with Gasteiger partial charge in [0.05, 0.1) is 6.07 Å². The van der Waals surface area contributed by atoms with Gasteiger partial charge in [0.15, 0.2) is 0 Å². The zero-order chi connectivity index (χ0) is 12.8. The third kappa shape index (κ3) is 5.77. The van der Waals surface area contributed by atoms with Gasteiger partial charge in [0.1, 0.15) is 0 Å². The first-order valence-electron chi connectivity index (χ1n) is 6.04. The van der Waals surface area contributed by atoms with Crippen LogP contribution >= 0.6 is 12.6 Å². The van der Waals surface area contributed by atoms with Gasteiger partial charge in [-0.25, -0.2) is 0 Å². The molecule has 0 aromatic carbocycles. The monoisotopic (exact) mass is 242 g/mol. The van der Waals surface area contributed by atoms with Crippen molar-refractivity contribution < 1.29 is 0 Å². The van der Waals surface area contributed by atoms with Crippen molar-refractivity contribution in [1.29, 1.82) is 5.26 Å². The molecule has 0 spiro atoms. The lowest BCUT2D eigenvalue weighted by molar-refractivity contribution is 0.141. The minimum atomic E-state index is 0.279. The topological polar surface area (TPSA) is 27.0 Å². The van der Waals surface area contributed by atoms with E-state index in [1.165, 1.54) is 0 Å². The lowest BCUT2D eigenvalue weighted by Gasteiger charge is -2.36. The number of thiol groups is 1. The molecule has 0 aromatic heterocycles. The largest absolute Gasteiger partial charge is 0.300 e. The Balaban J connectivity index is 4.42. The van der Waals surface area contributed by atoms with Crippen molar-refractivity contribution in [3.8, 4) is 6.07 Å². The Morgan fingerprint density at radius 2 is 1.88 bits per heavy atom. The average Bonchev–Trinajstić information content (AvgIpc) is 2.15. The van der Waals surface area contributed by atoms with Gasteiger partial charge >= 0.3 is 0 Å². The Kier molecular flexibility index (Phi) is 7.10. The van der Waals surface area contributed by atoms with Crippen LogP contribution < -0.4 is 0 Å². The van der Waals surface area contributed by atoms with E-state index in [1.807, 2.05) is 0 Å². The summed E-state index contributed by atoms with van der Waals surface area (Å²) in [6.07, 6.45) is 0.613. The fourth-order valence-corrected chi connectivity index (χ4v) is 2.31. The molecule has 0 N–H and O–H groups in total. The van der Waals surface area contributed by atoms with E-state index in [4.69, 9.17) is 5.26 Å². The number of nitriles is 1. The highest BCUT2D eigenvalue weighted by molar-refractivity contribution is 7.80. The van der Waals surface area contributed by atoms with Crippen LogP contribution in [0.25, 0.3) is 0 Å². The SMILES string of the molecule is CC(C)N(CCC#N)CC(CS)C(C)(C)C. The number of nitrogens with zero attached hydrogens (tertiary/aromatic N) is 2. The summed E-state index contributed by atoms with van der Waals surface area (Å²) in [6, 6.07) is 2.72. The molecule has 0 radical (unpaired) electrons. The molecule has 0 aromatic rings. The van der Waals surface area contributed by atoms with Crippen molar-refractivity contribution in [3.63, 3.8) is 0 Å². The maximum absolute atomic E-state index is 8.66. The summed E-state index contributed by atoms with van der Waals surface area (Å²) in [5.74, 6) is 1.47. The fourth-order valence-electron chi connectivity index (χ4n) is 1.64. The Hall–Kier alpha value is -0.200. The molecule has 0 fully saturated rings. The van der Waals surface area contributed by atoms with Gasteiger partial charge in [0.25, 0.3) is 0 Å². The maximum atomic E-state index is 8.66. The molecule has 1 unspecified atom stereocenters. The second kappa shape index (κ2) is 7.19. The minimum absolute atomic E-state index is 0.279. The van der Waals surface area contributed by atoms with E-state index in [1.54, 1.807) is 0 Å². The molecule has 0 amide bonds. The Morgan fingerprint density at radius 3 is 2.19 bits per heavy atom. The molecule has 0 bridgehead atoms. The van der Waals surface area contributed by atoms with Crippen LogP contribution in [0.5, 0.6) is 0 Å². The lowest BCUT2D eigenvalue weighted by atomic mass is 9.81. The van der Waals surface area contributed by atoms with Crippen molar-refractivity contribution in [2.45, 2.75) is 47.1 Å². The smallest absolute Gasteiger partial charge is 0.0635 e. The summed E-state index contributed by atoms with van der Waals surface area (Å²) in [7, 11) is 0. The van der Waals surface area contributed by atoms with Gasteiger partial charge in [-0.15, -0.1) is 0 Å². The van der Waals surface area contributed by atoms with Crippen molar-refractivity contribution in [3.05, 3.63) is 0 Å². The molecule has 94 valence electrons. The van der Waals surface area contributed by atoms with Crippen LogP contribution in [-0.2, 0) is 0 Å². The van der Waals surface area contributed by atoms with E-state index in [-0.39, 0.29) is 5.41 Å². The van der Waals surface area contributed by atoms with Gasteiger partial charge in [-0.1, -0.05) is 20.8 Å². The third-order valence-corrected chi connectivity index (χ3v) is 3.58. The summed E-state index contributed by atoms with van der Waals surface area (Å²) in [5, 5.41) is 8.66. The normalized spacial score (nSPS) is 14.2. The van der Waals surface area contributed by atoms with E-state index in [2.05, 4.69) is 58.2 Å². The summed E-state index contributed by atoms with van der Waals surface area (Å²) in [5.41, 5.74) is 0.279. The average molecular weight is 242 g/mol. The van der Waals surface area contributed by atoms with Crippen molar-refractivity contribution in [2.75, 3.05) is 18.8 Å². The molecule has 16 heavy (non-hydrogen) atoms. The Labute approximate surface area is 106 Å². The molecule has 3 heteroatoms. The van der Waals surface area contributed by atoms with E-state index in [0.717, 1.165) is 18.8 Å². The minimum Gasteiger partial charge on any atom is -0.300 e. The number of hydrogen-bond acceptors (Lipinski definition) is 3. The molecule has 1 atom stereocenters. The molecule has 2 nitrogen and oxygen atoms in total. The predicted molar refractivity (Wildman–Crippen MR) is 73.7 cm³/mol. The molecule has 0 aliphatic rings. The van der Waals surface area contributed by atoms with Crippen LogP contribution in [0.3, 0.4) is 0 Å². The summed E-state index contributed by atoms with van der Waals surface area (Å²) < 4.78 is 0. The summed E-state index contributed by atoms with van der Waals surface area (Å²) >= 11 is 4.45. The van der Waals surface area contributed by atoms with E-state index in [9.17, 15) is 0 Å². The molecular weight excluding hydrogens is 216 g/mol. The second-order valence-electron chi connectivity index (χ2n) is 5.74. The molecule has 0 heterocycles. The molecular formula is C13H26N2S. The summed E-state index contributed by atoms with van der Waals surface area (Å²) in [6.45, 7) is 13.1. The molecule has 0 aliphatic heterocycles. The van der Waals surface area contributed by atoms with Crippen molar-refractivity contribution in [1.82, 2.24) is 4.90 Å². The standard InChI is InChI=1S/C13H26N2S/c1-11(2)15(8-6-7-14)9-12(10-16)13(3,4)5/h11-12,16H,6,8-10H2,1-5H3. The van der Waals surface area contributed by atoms with Gasteiger partial charge in [0.2, 0.25) is 0 Å². The van der Waals surface area contributed by atoms with E-state index in [0.29, 0.717) is 18.4 Å². The Morgan fingerprint density at radius 1 is 1.31 bits per heavy atom. The zero-order valence-corrected chi connectivity index (χ0v) is 12.2. The number of hydrogen-bond donors (Lipinski definition) is 1. The van der Waals surface area contributed by atoms with Gasteiger partial charge in [-0.05, 0) is 30.9 Å². The van der Waals surface area contributed by atoms with Crippen LogP contribution in [-0.4, -0.2) is 29.8 Å². The number of rotatable bonds is 6. The first kappa shape index (κ1) is 15.8. The van der Waals surface area contributed by atoms with Gasteiger partial charge in [-0.2, -0.15) is 17.9 Å². The molecule has 0 saturated carbocycles. The van der Waals surface area contributed by atoms with Gasteiger partial charge in [-0.3, -0.25) is 4.90 Å². The highest BCUT2D eigenvalue weighted by Gasteiger charge is 2.26. The van der Waals surface area contributed by atoms with Crippen molar-refractivity contribution >= 4 is 12.6 Å². The predicted octanol–water partition coefficient (Wildman–Crippen LogP) is 3.20. The van der Waals surface area contributed by atoms with Crippen molar-refractivity contribution in [2.24, 2.45) is 11.3 Å². The molecule has 0 saturated heterocycles. The fraction of sp³-hybridized carbons (Fsp3) is 0.923. The van der Waals surface area contributed by atoms with Crippen LogP contribution in [0.15, 0.2) is 0 Å². The molecule has 0 aliphatic carbocycles. The van der Waals surface area contributed by atoms with E-state index < -0.39 is 0 Å². The first-order valence-corrected chi connectivity index (χ1v) is 6.68. The highest BCUT2D eigenvalue weighted by Crippen LogP contribution is 2.28. The maximum Gasteiger partial charge on any atom is 0.0635 e.